The van der Waals surface area contributed by atoms with Gasteiger partial charge in [-0.1, -0.05) is 36.4 Å². The topological polar surface area (TPSA) is 110 Å². The SMILES string of the molecule is COc1cccc(N(CC(=O)NC(C)c2ccc(S(C)(=O)=O)cc2)S(=O)(=O)c2ccccc2)c1. The van der Waals surface area contributed by atoms with Crippen LogP contribution in [0, 0.1) is 0 Å². The van der Waals surface area contributed by atoms with Crippen molar-refractivity contribution in [2.75, 3.05) is 24.2 Å². The summed E-state index contributed by atoms with van der Waals surface area (Å²) >= 11 is 0. The van der Waals surface area contributed by atoms with E-state index in [0.29, 0.717) is 11.3 Å². The molecule has 0 saturated heterocycles. The lowest BCUT2D eigenvalue weighted by Crippen LogP contribution is -2.41. The number of hydrogen-bond acceptors (Lipinski definition) is 6. The van der Waals surface area contributed by atoms with Gasteiger partial charge in [0.2, 0.25) is 5.91 Å². The second-order valence-electron chi connectivity index (χ2n) is 7.66. The molecule has 3 rings (SSSR count). The van der Waals surface area contributed by atoms with Gasteiger partial charge in [-0.15, -0.1) is 0 Å². The predicted molar refractivity (Wildman–Crippen MR) is 130 cm³/mol. The van der Waals surface area contributed by atoms with Crippen molar-refractivity contribution in [3.8, 4) is 5.75 Å². The Kier molecular flexibility index (Phi) is 7.63. The average molecular weight is 503 g/mol. The van der Waals surface area contributed by atoms with Gasteiger partial charge in [-0.2, -0.15) is 0 Å². The van der Waals surface area contributed by atoms with Gasteiger partial charge in [-0.3, -0.25) is 9.10 Å². The number of carbonyl (C=O) groups is 1. The highest BCUT2D eigenvalue weighted by molar-refractivity contribution is 7.93. The Balaban J connectivity index is 1.86. The Hall–Kier alpha value is -3.37. The van der Waals surface area contributed by atoms with Crippen molar-refractivity contribution in [3.05, 3.63) is 84.4 Å². The third-order valence-electron chi connectivity index (χ3n) is 5.15. The minimum absolute atomic E-state index is 0.0510. The molecule has 0 bridgehead atoms. The first-order valence-electron chi connectivity index (χ1n) is 10.3. The van der Waals surface area contributed by atoms with Crippen LogP contribution < -0.4 is 14.4 Å². The molecule has 0 heterocycles. The van der Waals surface area contributed by atoms with Gasteiger partial charge in [0.15, 0.2) is 9.84 Å². The van der Waals surface area contributed by atoms with Crippen LogP contribution in [0.1, 0.15) is 18.5 Å². The van der Waals surface area contributed by atoms with Crippen LogP contribution in [0.5, 0.6) is 5.75 Å². The molecule has 0 aliphatic heterocycles. The summed E-state index contributed by atoms with van der Waals surface area (Å²) in [4.78, 5) is 13.1. The van der Waals surface area contributed by atoms with Crippen molar-refractivity contribution < 1.29 is 26.4 Å². The van der Waals surface area contributed by atoms with E-state index < -0.39 is 38.4 Å². The monoisotopic (exact) mass is 502 g/mol. The molecule has 0 saturated carbocycles. The van der Waals surface area contributed by atoms with Crippen LogP contribution in [0.2, 0.25) is 0 Å². The number of nitrogens with zero attached hydrogens (tertiary/aromatic N) is 1. The highest BCUT2D eigenvalue weighted by Crippen LogP contribution is 2.27. The van der Waals surface area contributed by atoms with Crippen molar-refractivity contribution in [3.63, 3.8) is 0 Å². The van der Waals surface area contributed by atoms with Crippen LogP contribution in [0.3, 0.4) is 0 Å². The molecule has 1 atom stereocenters. The van der Waals surface area contributed by atoms with Crippen molar-refractivity contribution in [2.45, 2.75) is 22.8 Å². The number of carbonyl (C=O) groups excluding carboxylic acids is 1. The first-order chi connectivity index (χ1) is 16.0. The summed E-state index contributed by atoms with van der Waals surface area (Å²) in [6, 6.07) is 20.0. The van der Waals surface area contributed by atoms with E-state index in [1.165, 1.54) is 31.4 Å². The minimum Gasteiger partial charge on any atom is -0.497 e. The van der Waals surface area contributed by atoms with Gasteiger partial charge >= 0.3 is 0 Å². The third kappa shape index (κ3) is 5.95. The standard InChI is InChI=1S/C24H26N2O6S2/c1-18(19-12-14-22(15-13-19)33(3,28)29)25-24(27)17-26(20-8-7-9-21(16-20)32-2)34(30,31)23-10-5-4-6-11-23/h4-16,18H,17H2,1-3H3,(H,25,27). The number of sulfone groups is 1. The Morgan fingerprint density at radius 2 is 1.56 bits per heavy atom. The molecule has 0 aliphatic rings. The van der Waals surface area contributed by atoms with E-state index in [1.807, 2.05) is 0 Å². The highest BCUT2D eigenvalue weighted by atomic mass is 32.2. The summed E-state index contributed by atoms with van der Waals surface area (Å²) < 4.78 is 56.4. The van der Waals surface area contributed by atoms with Crippen LogP contribution >= 0.6 is 0 Å². The number of ether oxygens (including phenoxy) is 1. The van der Waals surface area contributed by atoms with Gasteiger partial charge in [-0.25, -0.2) is 16.8 Å². The van der Waals surface area contributed by atoms with Crippen LogP contribution in [-0.4, -0.2) is 42.7 Å². The fraction of sp³-hybridized carbons (Fsp3) is 0.208. The fourth-order valence-corrected chi connectivity index (χ4v) is 5.37. The Morgan fingerprint density at radius 1 is 0.912 bits per heavy atom. The molecule has 3 aromatic rings. The van der Waals surface area contributed by atoms with Crippen molar-refractivity contribution in [2.24, 2.45) is 0 Å². The Morgan fingerprint density at radius 3 is 2.15 bits per heavy atom. The zero-order chi connectivity index (χ0) is 24.9. The molecular formula is C24H26N2O6S2. The summed E-state index contributed by atoms with van der Waals surface area (Å²) in [6.45, 7) is 1.27. The molecule has 0 spiro atoms. The van der Waals surface area contributed by atoms with E-state index in [0.717, 1.165) is 10.6 Å². The van der Waals surface area contributed by atoms with Gasteiger partial charge in [0.1, 0.15) is 12.3 Å². The van der Waals surface area contributed by atoms with Gasteiger partial charge in [0.05, 0.1) is 28.6 Å². The summed E-state index contributed by atoms with van der Waals surface area (Å²) in [7, 11) is -5.91. The highest BCUT2D eigenvalue weighted by Gasteiger charge is 2.28. The summed E-state index contributed by atoms with van der Waals surface area (Å²) in [5.74, 6) is -0.0764. The Labute approximate surface area is 200 Å². The second kappa shape index (κ2) is 10.3. The number of amides is 1. The Bertz CT molecular complexity index is 1360. The van der Waals surface area contributed by atoms with E-state index in [9.17, 15) is 21.6 Å². The van der Waals surface area contributed by atoms with Gasteiger partial charge in [-0.05, 0) is 48.9 Å². The van der Waals surface area contributed by atoms with Crippen molar-refractivity contribution >= 4 is 31.5 Å². The summed E-state index contributed by atoms with van der Waals surface area (Å²) in [5, 5.41) is 2.78. The van der Waals surface area contributed by atoms with E-state index in [2.05, 4.69) is 5.32 Å². The third-order valence-corrected chi connectivity index (χ3v) is 8.06. The van der Waals surface area contributed by atoms with Crippen LogP contribution in [0.25, 0.3) is 0 Å². The zero-order valence-corrected chi connectivity index (χ0v) is 20.6. The fourth-order valence-electron chi connectivity index (χ4n) is 3.30. The van der Waals surface area contributed by atoms with E-state index in [1.54, 1.807) is 61.5 Å². The molecule has 0 fully saturated rings. The lowest BCUT2D eigenvalue weighted by molar-refractivity contribution is -0.120. The molecule has 1 unspecified atom stereocenters. The molecule has 3 aromatic carbocycles. The molecule has 0 aliphatic carbocycles. The van der Waals surface area contributed by atoms with Crippen LogP contribution in [0.15, 0.2) is 88.7 Å². The van der Waals surface area contributed by atoms with Crippen LogP contribution in [0.4, 0.5) is 5.69 Å². The number of sulfonamides is 1. The first-order valence-corrected chi connectivity index (χ1v) is 13.7. The lowest BCUT2D eigenvalue weighted by atomic mass is 10.1. The first kappa shape index (κ1) is 25.3. The molecule has 34 heavy (non-hydrogen) atoms. The van der Waals surface area contributed by atoms with Crippen molar-refractivity contribution in [1.29, 1.82) is 0 Å². The second-order valence-corrected chi connectivity index (χ2v) is 11.5. The molecule has 180 valence electrons. The lowest BCUT2D eigenvalue weighted by Gasteiger charge is -2.25. The van der Waals surface area contributed by atoms with Gasteiger partial charge in [0.25, 0.3) is 10.0 Å². The number of methoxy groups -OCH3 is 1. The molecule has 10 heteroatoms. The largest absolute Gasteiger partial charge is 0.497 e. The van der Waals surface area contributed by atoms with E-state index in [4.69, 9.17) is 4.74 Å². The normalized spacial score (nSPS) is 12.6. The zero-order valence-electron chi connectivity index (χ0n) is 19.0. The maximum atomic E-state index is 13.4. The predicted octanol–water partition coefficient (Wildman–Crippen LogP) is 3.17. The molecular weight excluding hydrogens is 476 g/mol. The molecule has 0 aromatic heterocycles. The van der Waals surface area contributed by atoms with Gasteiger partial charge in [0, 0.05) is 12.3 Å². The number of rotatable bonds is 9. The number of nitrogens with one attached hydrogen (secondary N) is 1. The molecule has 0 radical (unpaired) electrons. The maximum absolute atomic E-state index is 13.4. The smallest absolute Gasteiger partial charge is 0.264 e. The number of anilines is 1. The van der Waals surface area contributed by atoms with Gasteiger partial charge < -0.3 is 10.1 Å². The molecule has 1 N–H and O–H groups in total. The number of hydrogen-bond donors (Lipinski definition) is 1. The summed E-state index contributed by atoms with van der Waals surface area (Å²) in [6.07, 6.45) is 1.12. The number of benzene rings is 3. The van der Waals surface area contributed by atoms with Crippen LogP contribution in [-0.2, 0) is 24.7 Å². The average Bonchev–Trinajstić information content (AvgIpc) is 2.82. The molecule has 8 nitrogen and oxygen atoms in total. The van der Waals surface area contributed by atoms with Crippen molar-refractivity contribution in [1.82, 2.24) is 5.32 Å². The minimum atomic E-state index is -4.05. The molecule has 1 amide bonds. The quantitative estimate of drug-likeness (QED) is 0.481. The van der Waals surface area contributed by atoms with E-state index >= 15 is 0 Å². The summed E-state index contributed by atoms with van der Waals surface area (Å²) in [5.41, 5.74) is 0.961. The maximum Gasteiger partial charge on any atom is 0.264 e. The van der Waals surface area contributed by atoms with E-state index in [-0.39, 0.29) is 15.5 Å².